The van der Waals surface area contributed by atoms with Crippen LogP contribution in [0.5, 0.6) is 5.75 Å². The molecule has 2 saturated heterocycles. The lowest BCUT2D eigenvalue weighted by atomic mass is 9.84. The van der Waals surface area contributed by atoms with Gasteiger partial charge in [0.15, 0.2) is 10.8 Å². The van der Waals surface area contributed by atoms with Crippen molar-refractivity contribution in [1.29, 1.82) is 0 Å². The number of rotatable bonds is 13. The van der Waals surface area contributed by atoms with Crippen molar-refractivity contribution < 1.29 is 28.7 Å². The van der Waals surface area contributed by atoms with Crippen molar-refractivity contribution in [3.63, 3.8) is 0 Å². The van der Waals surface area contributed by atoms with Gasteiger partial charge in [-0.25, -0.2) is 14.8 Å². The molecule has 7 aromatic rings. The molecule has 1 aliphatic carbocycles. The molecule has 0 radical (unpaired) electrons. The van der Waals surface area contributed by atoms with E-state index in [0.29, 0.717) is 66.3 Å². The highest BCUT2D eigenvalue weighted by atomic mass is 32.1. The van der Waals surface area contributed by atoms with Crippen LogP contribution >= 0.6 is 11.3 Å². The number of likely N-dealkylation sites (tertiary alicyclic amines) is 1. The Morgan fingerprint density at radius 1 is 0.867 bits per heavy atom. The number of anilines is 2. The number of fused-ring (bicyclic) bond motifs is 3. The Labute approximate surface area is 442 Å². The number of aromatic nitrogens is 4. The van der Waals surface area contributed by atoms with Crippen molar-refractivity contribution in [2.75, 3.05) is 36.4 Å². The first-order chi connectivity index (χ1) is 36.2. The van der Waals surface area contributed by atoms with Crippen molar-refractivity contribution in [3.05, 3.63) is 130 Å². The van der Waals surface area contributed by atoms with Crippen LogP contribution in [0.4, 0.5) is 10.9 Å². The second-order valence-corrected chi connectivity index (χ2v) is 23.1. The first-order valence-electron chi connectivity index (χ1n) is 26.8. The molecule has 15 heteroatoms. The van der Waals surface area contributed by atoms with E-state index in [9.17, 15) is 19.2 Å². The van der Waals surface area contributed by atoms with E-state index in [2.05, 4.69) is 56.6 Å². The number of hydrogen-bond donors (Lipinski definition) is 2. The van der Waals surface area contributed by atoms with Gasteiger partial charge in [-0.3, -0.25) is 29.7 Å². The number of carbonyl (C=O) groups excluding carboxylic acids is 4. The summed E-state index contributed by atoms with van der Waals surface area (Å²) in [5, 5.41) is 11.8. The number of piperidine rings is 1. The van der Waals surface area contributed by atoms with Gasteiger partial charge in [0.05, 0.1) is 33.4 Å². The summed E-state index contributed by atoms with van der Waals surface area (Å²) in [4.78, 5) is 66.8. The predicted molar refractivity (Wildman–Crippen MR) is 294 cm³/mol. The molecule has 4 aliphatic rings. The molecule has 0 bridgehead atoms. The number of amides is 3. The van der Waals surface area contributed by atoms with Gasteiger partial charge in [0, 0.05) is 49.6 Å². The van der Waals surface area contributed by atoms with E-state index in [4.69, 9.17) is 19.6 Å². The lowest BCUT2D eigenvalue weighted by molar-refractivity contribution is -0.134. The number of benzene rings is 4. The number of hydrogen-bond acceptors (Lipinski definition) is 12. The van der Waals surface area contributed by atoms with Gasteiger partial charge >= 0.3 is 5.97 Å². The van der Waals surface area contributed by atoms with Crippen molar-refractivity contribution in [1.82, 2.24) is 30.0 Å². The Kier molecular flexibility index (Phi) is 14.0. The van der Waals surface area contributed by atoms with Crippen LogP contribution in [0.1, 0.15) is 139 Å². The van der Waals surface area contributed by atoms with E-state index in [1.807, 2.05) is 99.2 Å². The highest BCUT2D eigenvalue weighted by Gasteiger charge is 2.33. The first-order valence-corrected chi connectivity index (χ1v) is 27.6. The molecule has 75 heavy (non-hydrogen) atoms. The molecule has 1 saturated carbocycles. The van der Waals surface area contributed by atoms with Gasteiger partial charge in [-0.15, -0.1) is 0 Å². The highest BCUT2D eigenvalue weighted by molar-refractivity contribution is 7.22. The number of ether oxygens (including phenoxy) is 2. The zero-order chi connectivity index (χ0) is 52.0. The summed E-state index contributed by atoms with van der Waals surface area (Å²) in [6.45, 7) is 12.0. The average Bonchev–Trinajstić information content (AvgIpc) is 4.14. The summed E-state index contributed by atoms with van der Waals surface area (Å²) in [5.74, 6) is 1.05. The predicted octanol–water partition coefficient (Wildman–Crippen LogP) is 11.1. The van der Waals surface area contributed by atoms with Crippen molar-refractivity contribution in [3.8, 4) is 16.9 Å². The van der Waals surface area contributed by atoms with Gasteiger partial charge in [0.25, 0.3) is 5.91 Å². The van der Waals surface area contributed by atoms with E-state index in [1.165, 1.54) is 29.7 Å². The Hall–Kier alpha value is -6.97. The number of thiazole rings is 1. The molecule has 1 unspecified atom stereocenters. The molecule has 6 heterocycles. The lowest BCUT2D eigenvalue weighted by Crippen LogP contribution is -2.39. The summed E-state index contributed by atoms with van der Waals surface area (Å²) < 4.78 is 15.7. The summed E-state index contributed by atoms with van der Waals surface area (Å²) in [5.41, 5.74) is 8.63. The molecule has 3 aliphatic heterocycles. The van der Waals surface area contributed by atoms with Gasteiger partial charge in [-0.1, -0.05) is 59.9 Å². The summed E-state index contributed by atoms with van der Waals surface area (Å²) in [6, 6.07) is 30.3. The minimum absolute atomic E-state index is 0.118. The van der Waals surface area contributed by atoms with Crippen molar-refractivity contribution in [2.45, 2.75) is 122 Å². The minimum atomic E-state index is -0.732. The second kappa shape index (κ2) is 21.0. The maximum absolute atomic E-state index is 14.1. The number of aryl methyl sites for hydroxylation is 1. The van der Waals surface area contributed by atoms with Crippen LogP contribution in [0.15, 0.2) is 91.0 Å². The van der Waals surface area contributed by atoms with Gasteiger partial charge in [-0.05, 0) is 181 Å². The molecular formula is C60H66N8O6S. The largest absolute Gasteiger partial charge is 0.490 e. The molecular weight excluding hydrogens is 961 g/mol. The third-order valence-corrected chi connectivity index (χ3v) is 16.7. The maximum Gasteiger partial charge on any atom is 0.358 e. The summed E-state index contributed by atoms with van der Waals surface area (Å²) in [7, 11) is 1.94. The standard InChI is InChI=1S/C60H66N8O6S/c1-36-42(43-24-26-52(62-55(43)58(72)74-60(2,3)4)68-32-29-38-12-8-14-44(47(38)35-68)56(70)64-59-61-48-15-6-7-17-51(48)75-59)13-9-16-50(36)73-41-21-18-37(19-22-41)11-10-30-67-31-28-40(34-67)39-20-23-45-49(33-39)66(5)65-54(45)46-25-27-53(69)63-57(46)71/h6-9,12-17,20,23-24,26,33,37,40-41,46H,10-11,18-19,21-22,25,27-32,34-35H2,1-5H3,(H,61,64,70)(H,63,69,71)/t37?,40-,41?,46?/m0/s1. The molecule has 3 amide bonds. The number of nitrogens with one attached hydrogen (secondary N) is 2. The quantitative estimate of drug-likeness (QED) is 0.0835. The first kappa shape index (κ1) is 50.2. The third kappa shape index (κ3) is 10.8. The van der Waals surface area contributed by atoms with E-state index < -0.39 is 17.5 Å². The summed E-state index contributed by atoms with van der Waals surface area (Å²) >= 11 is 1.45. The molecule has 0 spiro atoms. The highest BCUT2D eigenvalue weighted by Crippen LogP contribution is 2.39. The lowest BCUT2D eigenvalue weighted by Gasteiger charge is -2.31. The van der Waals surface area contributed by atoms with Crippen LogP contribution in [0.25, 0.3) is 32.2 Å². The van der Waals surface area contributed by atoms with Crippen LogP contribution < -0.4 is 20.3 Å². The zero-order valence-corrected chi connectivity index (χ0v) is 44.4. The molecule has 2 atom stereocenters. The minimum Gasteiger partial charge on any atom is -0.490 e. The van der Waals surface area contributed by atoms with E-state index in [0.717, 1.165) is 107 Å². The fourth-order valence-electron chi connectivity index (χ4n) is 11.8. The zero-order valence-electron chi connectivity index (χ0n) is 43.6. The SMILES string of the molecule is Cc1c(OC2CCC(CCCN3CC[C@H](c4ccc5c(C6CCC(=O)NC6=O)nn(C)c5c4)C3)CC2)cccc1-c1ccc(N2CCc3cccc(C(=O)Nc4nc5ccccc5s4)c3C2)nc1C(=O)OC(C)(C)C. The van der Waals surface area contributed by atoms with Crippen LogP contribution in [-0.2, 0) is 34.3 Å². The number of pyridine rings is 1. The Bertz CT molecular complexity index is 3300. The van der Waals surface area contributed by atoms with Crippen molar-refractivity contribution >= 4 is 67.1 Å². The normalized spacial score (nSPS) is 20.3. The topological polar surface area (TPSA) is 161 Å². The van der Waals surface area contributed by atoms with Gasteiger partial charge in [0.1, 0.15) is 17.2 Å². The molecule has 11 rings (SSSR count). The van der Waals surface area contributed by atoms with Crippen LogP contribution in [0, 0.1) is 12.8 Å². The number of nitrogens with zero attached hydrogens (tertiary/aromatic N) is 6. The molecule has 2 N–H and O–H groups in total. The van der Waals surface area contributed by atoms with E-state index in [1.54, 1.807) is 0 Å². The molecule has 4 aromatic carbocycles. The smallest absolute Gasteiger partial charge is 0.358 e. The third-order valence-electron chi connectivity index (χ3n) is 15.8. The van der Waals surface area contributed by atoms with Crippen LogP contribution in [0.3, 0.4) is 0 Å². The van der Waals surface area contributed by atoms with E-state index in [-0.39, 0.29) is 29.5 Å². The number of para-hydroxylation sites is 1. The maximum atomic E-state index is 14.1. The number of carbonyl (C=O) groups is 4. The Balaban J connectivity index is 0.706. The number of esters is 1. The van der Waals surface area contributed by atoms with Crippen LogP contribution in [0.2, 0.25) is 0 Å². The average molecular weight is 1030 g/mol. The fraction of sp³-hybridized carbons (Fsp3) is 0.417. The van der Waals surface area contributed by atoms with E-state index >= 15 is 0 Å². The Morgan fingerprint density at radius 2 is 1.69 bits per heavy atom. The second-order valence-electron chi connectivity index (χ2n) is 22.0. The Morgan fingerprint density at radius 3 is 2.51 bits per heavy atom. The van der Waals surface area contributed by atoms with Crippen LogP contribution in [-0.4, -0.2) is 86.2 Å². The molecule has 3 fully saturated rings. The van der Waals surface area contributed by atoms with Gasteiger partial charge < -0.3 is 19.3 Å². The van der Waals surface area contributed by atoms with Crippen molar-refractivity contribution in [2.24, 2.45) is 13.0 Å². The van der Waals surface area contributed by atoms with Gasteiger partial charge in [0.2, 0.25) is 11.8 Å². The fourth-order valence-corrected chi connectivity index (χ4v) is 12.7. The summed E-state index contributed by atoms with van der Waals surface area (Å²) in [6.07, 6.45) is 9.49. The molecule has 388 valence electrons. The molecule has 14 nitrogen and oxygen atoms in total. The molecule has 3 aromatic heterocycles. The number of imide groups is 1. The monoisotopic (exact) mass is 1030 g/mol. The van der Waals surface area contributed by atoms with Gasteiger partial charge in [-0.2, -0.15) is 5.10 Å².